The van der Waals surface area contributed by atoms with E-state index < -0.39 is 12.1 Å². The Morgan fingerprint density at radius 2 is 1.71 bits per heavy atom. The van der Waals surface area contributed by atoms with E-state index in [0.717, 1.165) is 37.7 Å². The molecule has 6 heteroatoms. The Morgan fingerprint density at radius 3 is 2.43 bits per heavy atom. The first kappa shape index (κ1) is 21.9. The van der Waals surface area contributed by atoms with Crippen LogP contribution in [0.3, 0.4) is 0 Å². The van der Waals surface area contributed by atoms with Crippen LogP contribution in [-0.2, 0) is 27.2 Å². The van der Waals surface area contributed by atoms with Crippen LogP contribution in [0.15, 0.2) is 24.3 Å². The van der Waals surface area contributed by atoms with Gasteiger partial charge in [-0.05, 0) is 51.2 Å². The minimum atomic E-state index is -0.683. The van der Waals surface area contributed by atoms with Gasteiger partial charge in [-0.2, -0.15) is 0 Å². The standard InChI is InChI=1S/C22H33N3O3/c1-15(2)23-22(28)19-14-18-11-8-10-17(13-18)9-6-4-5-7-12-20(26)24-16(3)21(27)25-19/h8,10-11,13,15-16,19H,4-7,9,12,14H2,1-3H3,(H,23,28)(H,24,26)(H,25,27)/t16-,19-/m0/s1. The molecule has 1 heterocycles. The monoisotopic (exact) mass is 387 g/mol. The van der Waals surface area contributed by atoms with E-state index in [0.29, 0.717) is 12.8 Å². The molecule has 2 bridgehead atoms. The van der Waals surface area contributed by atoms with Gasteiger partial charge in [-0.1, -0.05) is 37.1 Å². The van der Waals surface area contributed by atoms with Gasteiger partial charge in [0.05, 0.1) is 0 Å². The topological polar surface area (TPSA) is 87.3 Å². The third-order valence-electron chi connectivity index (χ3n) is 4.89. The maximum atomic E-state index is 12.6. The highest BCUT2D eigenvalue weighted by Gasteiger charge is 2.25. The van der Waals surface area contributed by atoms with Crippen LogP contribution in [0, 0.1) is 0 Å². The molecule has 3 amide bonds. The highest BCUT2D eigenvalue weighted by Crippen LogP contribution is 2.13. The molecule has 1 aliphatic rings. The van der Waals surface area contributed by atoms with Gasteiger partial charge in [-0.3, -0.25) is 14.4 Å². The predicted octanol–water partition coefficient (Wildman–Crippen LogP) is 2.25. The summed E-state index contributed by atoms with van der Waals surface area (Å²) in [7, 11) is 0. The van der Waals surface area contributed by atoms with Gasteiger partial charge < -0.3 is 16.0 Å². The van der Waals surface area contributed by atoms with Gasteiger partial charge in [-0.15, -0.1) is 0 Å². The predicted molar refractivity (Wildman–Crippen MR) is 110 cm³/mol. The maximum Gasteiger partial charge on any atom is 0.243 e. The molecule has 0 unspecified atom stereocenters. The second-order valence-corrected chi connectivity index (χ2v) is 7.95. The van der Waals surface area contributed by atoms with Crippen LogP contribution in [0.1, 0.15) is 64.0 Å². The number of nitrogens with one attached hydrogen (secondary N) is 3. The summed E-state index contributed by atoms with van der Waals surface area (Å²) in [6.07, 6.45) is 5.79. The number of hydrogen-bond donors (Lipinski definition) is 3. The molecule has 0 spiro atoms. The molecule has 1 aromatic carbocycles. The normalized spacial score (nSPS) is 22.3. The van der Waals surface area contributed by atoms with Crippen LogP contribution < -0.4 is 16.0 Å². The van der Waals surface area contributed by atoms with E-state index in [2.05, 4.69) is 28.1 Å². The van der Waals surface area contributed by atoms with Crippen molar-refractivity contribution in [2.24, 2.45) is 0 Å². The Kier molecular flexibility index (Phi) is 8.48. The van der Waals surface area contributed by atoms with Crippen LogP contribution in [0.4, 0.5) is 0 Å². The second kappa shape index (κ2) is 10.8. The molecule has 3 N–H and O–H groups in total. The third kappa shape index (κ3) is 7.33. The summed E-state index contributed by atoms with van der Waals surface area (Å²) in [5, 5.41) is 8.43. The van der Waals surface area contributed by atoms with Gasteiger partial charge in [-0.25, -0.2) is 0 Å². The fourth-order valence-electron chi connectivity index (χ4n) is 3.39. The lowest BCUT2D eigenvalue weighted by Gasteiger charge is -2.23. The number of hydrogen-bond acceptors (Lipinski definition) is 3. The number of amides is 3. The molecule has 154 valence electrons. The fourth-order valence-corrected chi connectivity index (χ4v) is 3.39. The zero-order valence-corrected chi connectivity index (χ0v) is 17.2. The molecule has 0 aliphatic carbocycles. The first-order valence-corrected chi connectivity index (χ1v) is 10.3. The van der Waals surface area contributed by atoms with Gasteiger partial charge in [0.15, 0.2) is 0 Å². The summed E-state index contributed by atoms with van der Waals surface area (Å²) in [6.45, 7) is 5.42. The molecule has 1 aliphatic heterocycles. The molecule has 1 aromatic rings. The highest BCUT2D eigenvalue weighted by molar-refractivity contribution is 5.92. The average molecular weight is 388 g/mol. The van der Waals surface area contributed by atoms with Crippen molar-refractivity contribution in [3.63, 3.8) is 0 Å². The Balaban J connectivity index is 2.22. The van der Waals surface area contributed by atoms with Crippen molar-refractivity contribution >= 4 is 17.7 Å². The Labute approximate surface area is 167 Å². The molecule has 2 rings (SSSR count). The SMILES string of the molecule is CC(C)NC(=O)[C@@H]1Cc2cccc(c2)CCCCCCC(=O)N[C@@H](C)C(=O)N1. The van der Waals surface area contributed by atoms with Gasteiger partial charge in [0.2, 0.25) is 17.7 Å². The lowest BCUT2D eigenvalue weighted by Crippen LogP contribution is -2.54. The average Bonchev–Trinajstić information content (AvgIpc) is 2.63. The van der Waals surface area contributed by atoms with Crippen LogP contribution in [0.5, 0.6) is 0 Å². The summed E-state index contributed by atoms with van der Waals surface area (Å²) in [5.74, 6) is -0.683. The molecule has 2 atom stereocenters. The molecule has 6 nitrogen and oxygen atoms in total. The number of benzene rings is 1. The third-order valence-corrected chi connectivity index (χ3v) is 4.89. The molecule has 0 aromatic heterocycles. The Morgan fingerprint density at radius 1 is 1.04 bits per heavy atom. The van der Waals surface area contributed by atoms with Gasteiger partial charge in [0.25, 0.3) is 0 Å². The number of fused-ring (bicyclic) bond motifs is 2. The van der Waals surface area contributed by atoms with E-state index in [1.165, 1.54) is 5.56 Å². The molecular formula is C22H33N3O3. The van der Waals surface area contributed by atoms with E-state index >= 15 is 0 Å². The summed E-state index contributed by atoms with van der Waals surface area (Å²) in [6, 6.07) is 6.84. The number of carbonyl (C=O) groups excluding carboxylic acids is 3. The number of aryl methyl sites for hydroxylation is 1. The smallest absolute Gasteiger partial charge is 0.243 e. The van der Waals surface area contributed by atoms with Crippen molar-refractivity contribution < 1.29 is 14.4 Å². The lowest BCUT2D eigenvalue weighted by atomic mass is 9.99. The van der Waals surface area contributed by atoms with Gasteiger partial charge >= 0.3 is 0 Å². The van der Waals surface area contributed by atoms with Crippen LogP contribution in [0.25, 0.3) is 0 Å². The van der Waals surface area contributed by atoms with Crippen molar-refractivity contribution in [1.29, 1.82) is 0 Å². The van der Waals surface area contributed by atoms with Crippen molar-refractivity contribution in [1.82, 2.24) is 16.0 Å². The molecular weight excluding hydrogens is 354 g/mol. The van der Waals surface area contributed by atoms with E-state index in [9.17, 15) is 14.4 Å². The van der Waals surface area contributed by atoms with Crippen molar-refractivity contribution in [2.45, 2.75) is 83.8 Å². The minimum Gasteiger partial charge on any atom is -0.352 e. The van der Waals surface area contributed by atoms with E-state index in [1.807, 2.05) is 26.0 Å². The van der Waals surface area contributed by atoms with Crippen LogP contribution >= 0.6 is 0 Å². The number of rotatable bonds is 2. The Bertz CT molecular complexity index is 687. The zero-order valence-electron chi connectivity index (χ0n) is 17.2. The second-order valence-electron chi connectivity index (χ2n) is 7.95. The minimum absolute atomic E-state index is 0.0202. The van der Waals surface area contributed by atoms with Crippen molar-refractivity contribution in [3.05, 3.63) is 35.4 Å². The van der Waals surface area contributed by atoms with Crippen molar-refractivity contribution in [3.8, 4) is 0 Å². The molecule has 0 saturated carbocycles. The first-order chi connectivity index (χ1) is 13.3. The summed E-state index contributed by atoms with van der Waals surface area (Å²) >= 11 is 0. The first-order valence-electron chi connectivity index (χ1n) is 10.3. The quantitative estimate of drug-likeness (QED) is 0.727. The Hall–Kier alpha value is -2.37. The largest absolute Gasteiger partial charge is 0.352 e. The van der Waals surface area contributed by atoms with Crippen LogP contribution in [0.2, 0.25) is 0 Å². The lowest BCUT2D eigenvalue weighted by molar-refractivity contribution is -0.132. The summed E-state index contributed by atoms with van der Waals surface area (Å²) < 4.78 is 0. The molecule has 0 radical (unpaired) electrons. The van der Waals surface area contributed by atoms with E-state index in [-0.39, 0.29) is 23.8 Å². The van der Waals surface area contributed by atoms with Crippen LogP contribution in [-0.4, -0.2) is 35.8 Å². The molecule has 28 heavy (non-hydrogen) atoms. The van der Waals surface area contributed by atoms with Gasteiger partial charge in [0.1, 0.15) is 12.1 Å². The summed E-state index contributed by atoms with van der Waals surface area (Å²) in [4.78, 5) is 37.3. The number of carbonyl (C=O) groups is 3. The fraction of sp³-hybridized carbons (Fsp3) is 0.591. The zero-order chi connectivity index (χ0) is 20.5. The molecule has 0 saturated heterocycles. The summed E-state index contributed by atoms with van der Waals surface area (Å²) in [5.41, 5.74) is 2.26. The maximum absolute atomic E-state index is 12.6. The van der Waals surface area contributed by atoms with Crippen molar-refractivity contribution in [2.75, 3.05) is 0 Å². The van der Waals surface area contributed by atoms with E-state index in [1.54, 1.807) is 6.92 Å². The van der Waals surface area contributed by atoms with E-state index in [4.69, 9.17) is 0 Å². The highest BCUT2D eigenvalue weighted by atomic mass is 16.2. The van der Waals surface area contributed by atoms with Gasteiger partial charge in [0, 0.05) is 18.9 Å². The molecule has 0 fully saturated rings.